The molecule has 0 atom stereocenters. The van der Waals surface area contributed by atoms with Gasteiger partial charge in [-0.3, -0.25) is 4.79 Å². The standard InChI is InChI=1S/C12H10FNO2S/c13-9-1-2-10(11(15)5-9)12(16)14-6-8-3-4-17-7-8/h1-5,7,15H,6H2,(H,14,16). The van der Waals surface area contributed by atoms with E-state index in [1.54, 1.807) is 11.3 Å². The van der Waals surface area contributed by atoms with E-state index in [0.717, 1.165) is 17.7 Å². The van der Waals surface area contributed by atoms with Crippen LogP contribution in [0.15, 0.2) is 35.0 Å². The lowest BCUT2D eigenvalue weighted by Gasteiger charge is -2.05. The van der Waals surface area contributed by atoms with Crippen LogP contribution in [0, 0.1) is 5.82 Å². The zero-order valence-electron chi connectivity index (χ0n) is 8.81. The van der Waals surface area contributed by atoms with Crippen LogP contribution in [0.2, 0.25) is 0 Å². The monoisotopic (exact) mass is 251 g/mol. The zero-order chi connectivity index (χ0) is 12.3. The van der Waals surface area contributed by atoms with Crippen LogP contribution < -0.4 is 5.32 Å². The average molecular weight is 251 g/mol. The second kappa shape index (κ2) is 4.97. The number of rotatable bonds is 3. The van der Waals surface area contributed by atoms with Gasteiger partial charge in [-0.25, -0.2) is 4.39 Å². The molecule has 1 amide bonds. The molecule has 0 spiro atoms. The number of benzene rings is 1. The molecule has 5 heteroatoms. The Bertz CT molecular complexity index is 525. The van der Waals surface area contributed by atoms with E-state index in [9.17, 15) is 14.3 Å². The van der Waals surface area contributed by atoms with Gasteiger partial charge in [-0.05, 0) is 34.5 Å². The van der Waals surface area contributed by atoms with Crippen molar-refractivity contribution in [2.75, 3.05) is 0 Å². The van der Waals surface area contributed by atoms with E-state index >= 15 is 0 Å². The normalized spacial score (nSPS) is 10.2. The Hall–Kier alpha value is -1.88. The second-order valence-electron chi connectivity index (χ2n) is 3.48. The van der Waals surface area contributed by atoms with Crippen LogP contribution in [0.4, 0.5) is 4.39 Å². The van der Waals surface area contributed by atoms with Crippen molar-refractivity contribution >= 4 is 17.2 Å². The largest absolute Gasteiger partial charge is 0.507 e. The Labute approximate surface area is 102 Å². The molecule has 0 saturated carbocycles. The molecule has 0 radical (unpaired) electrons. The molecule has 0 aliphatic heterocycles. The molecule has 2 N–H and O–H groups in total. The lowest BCUT2D eigenvalue weighted by atomic mass is 10.2. The van der Waals surface area contributed by atoms with Gasteiger partial charge in [0.1, 0.15) is 11.6 Å². The molecule has 0 unspecified atom stereocenters. The van der Waals surface area contributed by atoms with Crippen molar-refractivity contribution in [2.45, 2.75) is 6.54 Å². The minimum Gasteiger partial charge on any atom is -0.507 e. The summed E-state index contributed by atoms with van der Waals surface area (Å²) in [7, 11) is 0. The van der Waals surface area contributed by atoms with Crippen LogP contribution >= 0.6 is 11.3 Å². The van der Waals surface area contributed by atoms with Gasteiger partial charge >= 0.3 is 0 Å². The predicted octanol–water partition coefficient (Wildman–Crippen LogP) is 2.52. The van der Waals surface area contributed by atoms with Crippen molar-refractivity contribution in [2.24, 2.45) is 0 Å². The maximum absolute atomic E-state index is 12.7. The van der Waals surface area contributed by atoms with Gasteiger partial charge in [0.25, 0.3) is 5.91 Å². The van der Waals surface area contributed by atoms with Gasteiger partial charge < -0.3 is 10.4 Å². The van der Waals surface area contributed by atoms with Crippen molar-refractivity contribution < 1.29 is 14.3 Å². The SMILES string of the molecule is O=C(NCc1ccsc1)c1ccc(F)cc1O. The highest BCUT2D eigenvalue weighted by Crippen LogP contribution is 2.18. The van der Waals surface area contributed by atoms with Crippen LogP contribution in [0.5, 0.6) is 5.75 Å². The first kappa shape index (κ1) is 11.6. The molecule has 1 aromatic carbocycles. The summed E-state index contributed by atoms with van der Waals surface area (Å²) in [6.07, 6.45) is 0. The number of hydrogen-bond acceptors (Lipinski definition) is 3. The number of phenols is 1. The van der Waals surface area contributed by atoms with Crippen molar-refractivity contribution in [3.05, 3.63) is 52.0 Å². The van der Waals surface area contributed by atoms with E-state index in [4.69, 9.17) is 0 Å². The Kier molecular flexibility index (Phi) is 3.39. The zero-order valence-corrected chi connectivity index (χ0v) is 9.63. The molecule has 17 heavy (non-hydrogen) atoms. The van der Waals surface area contributed by atoms with Crippen molar-refractivity contribution in [1.29, 1.82) is 0 Å². The van der Waals surface area contributed by atoms with Gasteiger partial charge in [0.05, 0.1) is 5.56 Å². The molecule has 1 heterocycles. The first-order chi connectivity index (χ1) is 8.16. The summed E-state index contributed by atoms with van der Waals surface area (Å²) >= 11 is 1.54. The van der Waals surface area contributed by atoms with Gasteiger partial charge in [-0.2, -0.15) is 11.3 Å². The maximum Gasteiger partial charge on any atom is 0.255 e. The van der Waals surface area contributed by atoms with Crippen molar-refractivity contribution in [1.82, 2.24) is 5.32 Å². The van der Waals surface area contributed by atoms with Gasteiger partial charge in [0.15, 0.2) is 0 Å². The molecule has 2 rings (SSSR count). The summed E-state index contributed by atoms with van der Waals surface area (Å²) in [5.41, 5.74) is 1.06. The van der Waals surface area contributed by atoms with E-state index in [-0.39, 0.29) is 11.3 Å². The number of halogens is 1. The molecule has 1 aromatic heterocycles. The van der Waals surface area contributed by atoms with E-state index in [2.05, 4.69) is 5.32 Å². The molecule has 0 fully saturated rings. The summed E-state index contributed by atoms with van der Waals surface area (Å²) in [6.45, 7) is 0.388. The number of thiophene rings is 1. The highest BCUT2D eigenvalue weighted by molar-refractivity contribution is 7.07. The smallest absolute Gasteiger partial charge is 0.255 e. The Balaban J connectivity index is 2.04. The van der Waals surface area contributed by atoms with Crippen LogP contribution in [0.3, 0.4) is 0 Å². The summed E-state index contributed by atoms with van der Waals surface area (Å²) < 4.78 is 12.7. The Morgan fingerprint density at radius 1 is 1.41 bits per heavy atom. The Morgan fingerprint density at radius 2 is 2.24 bits per heavy atom. The third-order valence-electron chi connectivity index (χ3n) is 2.24. The predicted molar refractivity (Wildman–Crippen MR) is 63.6 cm³/mol. The van der Waals surface area contributed by atoms with Gasteiger partial charge in [0, 0.05) is 12.6 Å². The quantitative estimate of drug-likeness (QED) is 0.880. The molecule has 0 saturated heterocycles. The Morgan fingerprint density at radius 3 is 2.88 bits per heavy atom. The molecular weight excluding hydrogens is 241 g/mol. The summed E-state index contributed by atoms with van der Waals surface area (Å²) in [5.74, 6) is -1.35. The van der Waals surface area contributed by atoms with Gasteiger partial charge in [0.2, 0.25) is 0 Å². The van der Waals surface area contributed by atoms with E-state index in [0.29, 0.717) is 6.54 Å². The number of nitrogens with one attached hydrogen (secondary N) is 1. The minimum absolute atomic E-state index is 0.0710. The van der Waals surface area contributed by atoms with Crippen LogP contribution in [0.1, 0.15) is 15.9 Å². The first-order valence-electron chi connectivity index (χ1n) is 4.94. The summed E-state index contributed by atoms with van der Waals surface area (Å²) in [5, 5.41) is 15.9. The molecule has 0 bridgehead atoms. The number of carbonyl (C=O) groups excluding carboxylic acids is 1. The lowest BCUT2D eigenvalue weighted by molar-refractivity contribution is 0.0948. The number of carbonyl (C=O) groups is 1. The van der Waals surface area contributed by atoms with Gasteiger partial charge in [-0.1, -0.05) is 0 Å². The molecule has 3 nitrogen and oxygen atoms in total. The minimum atomic E-state index is -0.572. The number of amides is 1. The number of aromatic hydroxyl groups is 1. The van der Waals surface area contributed by atoms with Gasteiger partial charge in [-0.15, -0.1) is 0 Å². The second-order valence-corrected chi connectivity index (χ2v) is 4.26. The molecule has 88 valence electrons. The van der Waals surface area contributed by atoms with Crippen molar-refractivity contribution in [3.8, 4) is 5.75 Å². The molecular formula is C12H10FNO2S. The van der Waals surface area contributed by atoms with E-state index < -0.39 is 11.7 Å². The topological polar surface area (TPSA) is 49.3 Å². The fraction of sp³-hybridized carbons (Fsp3) is 0.0833. The number of phenolic OH excluding ortho intramolecular Hbond substituents is 1. The van der Waals surface area contributed by atoms with Crippen LogP contribution in [-0.2, 0) is 6.54 Å². The van der Waals surface area contributed by atoms with E-state index in [1.165, 1.54) is 6.07 Å². The third-order valence-corrected chi connectivity index (χ3v) is 2.97. The highest BCUT2D eigenvalue weighted by Gasteiger charge is 2.11. The van der Waals surface area contributed by atoms with Crippen LogP contribution in [-0.4, -0.2) is 11.0 Å². The maximum atomic E-state index is 12.7. The van der Waals surface area contributed by atoms with Crippen LogP contribution in [0.25, 0.3) is 0 Å². The van der Waals surface area contributed by atoms with E-state index in [1.807, 2.05) is 16.8 Å². The fourth-order valence-electron chi connectivity index (χ4n) is 1.37. The van der Waals surface area contributed by atoms with Crippen molar-refractivity contribution in [3.63, 3.8) is 0 Å². The lowest BCUT2D eigenvalue weighted by Crippen LogP contribution is -2.22. The number of hydrogen-bond donors (Lipinski definition) is 2. The highest BCUT2D eigenvalue weighted by atomic mass is 32.1. The first-order valence-corrected chi connectivity index (χ1v) is 5.89. The average Bonchev–Trinajstić information content (AvgIpc) is 2.78. The third kappa shape index (κ3) is 2.82. The molecule has 2 aromatic rings. The fourth-order valence-corrected chi connectivity index (χ4v) is 2.04. The molecule has 0 aliphatic rings. The summed E-state index contributed by atoms with van der Waals surface area (Å²) in [4.78, 5) is 11.7. The summed E-state index contributed by atoms with van der Waals surface area (Å²) in [6, 6.07) is 5.21. The molecule has 0 aliphatic carbocycles.